The number of methoxy groups -OCH3 is 2. The van der Waals surface area contributed by atoms with Gasteiger partial charge in [-0.25, -0.2) is 19.6 Å². The third-order valence-corrected chi connectivity index (χ3v) is 8.57. The van der Waals surface area contributed by atoms with Crippen molar-refractivity contribution in [3.63, 3.8) is 0 Å². The Balaban J connectivity index is 1.23. The van der Waals surface area contributed by atoms with Crippen LogP contribution in [0.2, 0.25) is 0 Å². The Hall–Kier alpha value is -6.10. The molecule has 2 aliphatic heterocycles. The molecule has 0 saturated carbocycles. The monoisotopic (exact) mass is 680 g/mol. The minimum absolute atomic E-state index is 0.254. The second kappa shape index (κ2) is 16.8. The molecule has 2 saturated heterocycles. The first-order valence-corrected chi connectivity index (χ1v) is 16.2. The Morgan fingerprint density at radius 3 is 2.06 bits per heavy atom. The molecule has 0 bridgehead atoms. The van der Waals surface area contributed by atoms with Crippen molar-refractivity contribution in [1.82, 2.24) is 30.4 Å². The number of rotatable bonds is 9. The largest absolute Gasteiger partial charge is 0.453 e. The van der Waals surface area contributed by atoms with Crippen molar-refractivity contribution in [3.8, 4) is 11.8 Å². The average molecular weight is 681 g/mol. The first kappa shape index (κ1) is 35.2. The summed E-state index contributed by atoms with van der Waals surface area (Å²) < 4.78 is 9.52. The van der Waals surface area contributed by atoms with Crippen molar-refractivity contribution in [1.29, 1.82) is 0 Å². The van der Waals surface area contributed by atoms with Crippen LogP contribution in [0.1, 0.15) is 66.5 Å². The second-order valence-electron chi connectivity index (χ2n) is 11.7. The van der Waals surface area contributed by atoms with E-state index < -0.39 is 30.3 Å². The molecule has 0 spiro atoms. The lowest BCUT2D eigenvalue weighted by molar-refractivity contribution is -0.135. The van der Waals surface area contributed by atoms with Gasteiger partial charge >= 0.3 is 12.2 Å². The Bertz CT molecular complexity index is 1780. The number of aromatic nitrogens is 2. The summed E-state index contributed by atoms with van der Waals surface area (Å²) in [6, 6.07) is 15.4. The summed E-state index contributed by atoms with van der Waals surface area (Å²) in [7, 11) is 2.50. The summed E-state index contributed by atoms with van der Waals surface area (Å²) in [6.45, 7) is 0.981. The molecule has 1 aromatic heterocycles. The fourth-order valence-electron chi connectivity index (χ4n) is 6.14. The molecular formula is C36H40N8O6. The van der Waals surface area contributed by atoms with E-state index in [9.17, 15) is 19.2 Å². The number of alkyl carbamates (subject to hydrolysis) is 2. The lowest BCUT2D eigenvalue weighted by Gasteiger charge is -2.29. The van der Waals surface area contributed by atoms with Crippen LogP contribution in [0.5, 0.6) is 0 Å². The van der Waals surface area contributed by atoms with Crippen molar-refractivity contribution >= 4 is 29.8 Å². The quantitative estimate of drug-likeness (QED) is 0.150. The number of likely N-dealkylation sites (tertiary alicyclic amines) is 2. The molecule has 14 nitrogen and oxygen atoms in total. The maximum Gasteiger partial charge on any atom is 0.407 e. The number of H-pyrrole nitrogens is 1. The van der Waals surface area contributed by atoms with Crippen molar-refractivity contribution in [3.05, 3.63) is 102 Å². The summed E-state index contributed by atoms with van der Waals surface area (Å²) in [4.78, 5) is 66.8. The Morgan fingerprint density at radius 1 is 0.900 bits per heavy atom. The van der Waals surface area contributed by atoms with Crippen LogP contribution in [-0.2, 0) is 19.1 Å². The number of allylic oxidation sites excluding steroid dienone is 1. The number of carbonyl (C=O) groups excluding carboxylic acids is 4. The second-order valence-corrected chi connectivity index (χ2v) is 11.7. The van der Waals surface area contributed by atoms with Crippen molar-refractivity contribution in [2.75, 3.05) is 27.3 Å². The number of amidine groups is 1. The van der Waals surface area contributed by atoms with Crippen molar-refractivity contribution in [2.24, 2.45) is 10.7 Å². The molecule has 2 fully saturated rings. The Morgan fingerprint density at radius 2 is 1.46 bits per heavy atom. The molecule has 3 heterocycles. The third kappa shape index (κ3) is 8.48. The van der Waals surface area contributed by atoms with E-state index >= 15 is 0 Å². The Labute approximate surface area is 290 Å². The van der Waals surface area contributed by atoms with E-state index in [-0.39, 0.29) is 23.7 Å². The number of aliphatic imine (C=N–C) groups is 1. The molecular weight excluding hydrogens is 640 g/mol. The first-order valence-electron chi connectivity index (χ1n) is 16.2. The molecule has 260 valence electrons. The van der Waals surface area contributed by atoms with Crippen LogP contribution in [0.3, 0.4) is 0 Å². The maximum absolute atomic E-state index is 13.7. The molecule has 5 N–H and O–H groups in total. The smallest absolute Gasteiger partial charge is 0.407 e. The summed E-state index contributed by atoms with van der Waals surface area (Å²) in [5, 5.41) is 5.29. The van der Waals surface area contributed by atoms with Crippen molar-refractivity contribution < 1.29 is 28.7 Å². The number of hydrogen-bond acceptors (Lipinski definition) is 8. The summed E-state index contributed by atoms with van der Waals surface area (Å²) in [5.41, 5.74) is 8.16. The number of amides is 4. The summed E-state index contributed by atoms with van der Waals surface area (Å²) >= 11 is 0. The zero-order chi connectivity index (χ0) is 35.5. The van der Waals surface area contributed by atoms with Crippen LogP contribution in [0.15, 0.2) is 84.1 Å². The van der Waals surface area contributed by atoms with Gasteiger partial charge in [-0.3, -0.25) is 9.59 Å². The number of ether oxygens (including phenoxy) is 2. The van der Waals surface area contributed by atoms with Gasteiger partial charge in [0.1, 0.15) is 29.4 Å². The summed E-state index contributed by atoms with van der Waals surface area (Å²) in [5.74, 6) is 6.17. The topological polar surface area (TPSA) is 184 Å². The van der Waals surface area contributed by atoms with Gasteiger partial charge in [-0.05, 0) is 42.7 Å². The minimum Gasteiger partial charge on any atom is -0.453 e. The van der Waals surface area contributed by atoms with Gasteiger partial charge in [0.25, 0.3) is 11.8 Å². The lowest BCUT2D eigenvalue weighted by atomic mass is 10.0. The molecule has 0 aliphatic carbocycles. The highest BCUT2D eigenvalue weighted by Crippen LogP contribution is 2.33. The van der Waals surface area contributed by atoms with Crippen LogP contribution >= 0.6 is 0 Å². The number of imidazole rings is 1. The molecule has 4 amide bonds. The highest BCUT2D eigenvalue weighted by Gasteiger charge is 2.38. The molecule has 2 aromatic carbocycles. The predicted octanol–water partition coefficient (Wildman–Crippen LogP) is 3.48. The summed E-state index contributed by atoms with van der Waals surface area (Å²) in [6.07, 6.45) is 6.03. The van der Waals surface area contributed by atoms with Crippen LogP contribution in [0.25, 0.3) is 0 Å². The number of carbonyl (C=O) groups is 4. The number of nitrogens with zero attached hydrogens (tertiary/aromatic N) is 4. The first-order chi connectivity index (χ1) is 24.3. The van der Waals surface area contributed by atoms with E-state index in [0.717, 1.165) is 12.8 Å². The molecule has 0 unspecified atom stereocenters. The fraction of sp³-hybridized carbons (Fsp3) is 0.333. The molecule has 14 heteroatoms. The van der Waals surface area contributed by atoms with Gasteiger partial charge < -0.3 is 40.6 Å². The van der Waals surface area contributed by atoms with Crippen LogP contribution in [0.4, 0.5) is 9.59 Å². The standard InChI is InChI=1S/C36H40N8O6/c1-49-35(47)41-29(24-13-5-3-6-14-24)33(45)43-21-11-18-27(43)31(37)38-20-10-9-17-26-23-39-32(40-26)28-19-12-22-44(28)34(46)30(42-36(48)50-2)25-15-7-4-8-16-25/h3-8,10,13-16,20,23,27-30H,11-12,18-19,21-22H2,1-2H3,(H2,37,38)(H,39,40)(H,41,47)(H,42,48)/b20-10+/t27-,28-,29+,30+/m0/s1. The van der Waals surface area contributed by atoms with Gasteiger partial charge in [-0.15, -0.1) is 0 Å². The van der Waals surface area contributed by atoms with Gasteiger partial charge in [0.2, 0.25) is 0 Å². The molecule has 50 heavy (non-hydrogen) atoms. The van der Waals surface area contributed by atoms with Crippen LogP contribution in [-0.4, -0.2) is 83.0 Å². The molecule has 0 radical (unpaired) electrons. The number of nitrogens with two attached hydrogens (primary N) is 1. The highest BCUT2D eigenvalue weighted by atomic mass is 16.5. The normalized spacial score (nSPS) is 18.6. The number of nitrogens with one attached hydrogen (secondary N) is 3. The number of aromatic amines is 1. The van der Waals surface area contributed by atoms with E-state index in [1.165, 1.54) is 26.5 Å². The van der Waals surface area contributed by atoms with Crippen LogP contribution in [0, 0.1) is 11.8 Å². The zero-order valence-electron chi connectivity index (χ0n) is 27.9. The number of benzene rings is 2. The van der Waals surface area contributed by atoms with Crippen molar-refractivity contribution in [2.45, 2.75) is 49.9 Å². The van der Waals surface area contributed by atoms with Gasteiger partial charge in [0.15, 0.2) is 0 Å². The fourth-order valence-corrected chi connectivity index (χ4v) is 6.14. The van der Waals surface area contributed by atoms with E-state index in [2.05, 4.69) is 37.4 Å². The van der Waals surface area contributed by atoms with Crippen LogP contribution < -0.4 is 16.4 Å². The van der Waals surface area contributed by atoms with Gasteiger partial charge in [-0.2, -0.15) is 0 Å². The number of hydrogen-bond donors (Lipinski definition) is 4. The minimum atomic E-state index is -0.936. The van der Waals surface area contributed by atoms with Gasteiger partial charge in [0, 0.05) is 25.4 Å². The maximum atomic E-state index is 13.7. The lowest BCUT2D eigenvalue weighted by Crippen LogP contribution is -2.49. The SMILES string of the molecule is COC(=O)N[C@@H](C(=O)N1CCC[C@H]1/C(N)=N/C=C/C#Cc1cnc([C@@H]2CCCN2C(=O)[C@H](NC(=O)OC)c2ccccc2)[nH]1)c1ccccc1. The molecule has 4 atom stereocenters. The highest BCUT2D eigenvalue weighted by molar-refractivity contribution is 5.94. The van der Waals surface area contributed by atoms with Gasteiger partial charge in [0.05, 0.1) is 32.5 Å². The zero-order valence-corrected chi connectivity index (χ0v) is 27.9. The third-order valence-electron chi connectivity index (χ3n) is 8.57. The van der Waals surface area contributed by atoms with E-state index in [1.54, 1.807) is 64.5 Å². The predicted molar refractivity (Wildman–Crippen MR) is 184 cm³/mol. The molecule has 5 rings (SSSR count). The molecule has 2 aliphatic rings. The average Bonchev–Trinajstić information content (AvgIpc) is 3.94. The molecule has 3 aromatic rings. The Kier molecular flexibility index (Phi) is 11.9. The van der Waals surface area contributed by atoms with E-state index in [4.69, 9.17) is 15.2 Å². The van der Waals surface area contributed by atoms with E-state index in [0.29, 0.717) is 48.6 Å². The van der Waals surface area contributed by atoms with E-state index in [1.807, 2.05) is 12.1 Å². The van der Waals surface area contributed by atoms with Gasteiger partial charge in [-0.1, -0.05) is 66.6 Å².